The van der Waals surface area contributed by atoms with Gasteiger partial charge in [0.25, 0.3) is 0 Å². The van der Waals surface area contributed by atoms with E-state index in [1.807, 2.05) is 11.8 Å². The van der Waals surface area contributed by atoms with Crippen LogP contribution < -0.4 is 0 Å². The smallest absolute Gasteiger partial charge is 0.140 e. The summed E-state index contributed by atoms with van der Waals surface area (Å²) in [5, 5.41) is 2.34. The zero-order valence-corrected chi connectivity index (χ0v) is 17.0. The van der Waals surface area contributed by atoms with Crippen molar-refractivity contribution in [3.05, 3.63) is 83.4 Å². The lowest BCUT2D eigenvalue weighted by molar-refractivity contribution is 0.493. The summed E-state index contributed by atoms with van der Waals surface area (Å²) in [4.78, 5) is 5.25. The molecule has 1 aliphatic carbocycles. The van der Waals surface area contributed by atoms with Gasteiger partial charge in [-0.25, -0.2) is 0 Å². The SMILES string of the molecule is CC(C)(C)C1=CC2C3SC(c4ccccc4)=NC2(c2ccccc2)SC13. The molecule has 1 fully saturated rings. The van der Waals surface area contributed by atoms with E-state index in [4.69, 9.17) is 4.99 Å². The van der Waals surface area contributed by atoms with Crippen molar-refractivity contribution in [2.75, 3.05) is 0 Å². The van der Waals surface area contributed by atoms with Crippen LogP contribution in [0.25, 0.3) is 0 Å². The lowest BCUT2D eigenvalue weighted by atomic mass is 9.85. The van der Waals surface area contributed by atoms with E-state index in [9.17, 15) is 0 Å². The second-order valence-corrected chi connectivity index (χ2v) is 10.9. The molecular weight excluding hydrogens is 354 g/mol. The highest BCUT2D eigenvalue weighted by Gasteiger charge is 2.63. The number of rotatable bonds is 2. The maximum Gasteiger partial charge on any atom is 0.140 e. The van der Waals surface area contributed by atoms with Crippen LogP contribution in [0.4, 0.5) is 0 Å². The first-order chi connectivity index (χ1) is 12.5. The summed E-state index contributed by atoms with van der Waals surface area (Å²) in [5.41, 5.74) is 4.44. The van der Waals surface area contributed by atoms with Crippen LogP contribution in [0.3, 0.4) is 0 Å². The molecular formula is C23H23NS2. The Balaban J connectivity index is 1.66. The normalized spacial score (nSPS) is 32.3. The highest BCUT2D eigenvalue weighted by atomic mass is 32.2. The standard InChI is InChI=1S/C23H23NS2/c1-22(2,3)17-14-18-19-20(17)26-23(18,16-12-8-5-9-13-16)24-21(25-19)15-10-6-4-7-11-15/h4-14,18-20H,1-3H3. The molecule has 0 spiro atoms. The zero-order chi connectivity index (χ0) is 17.9. The Labute approximate surface area is 164 Å². The first-order valence-electron chi connectivity index (χ1n) is 9.26. The molecule has 2 heterocycles. The van der Waals surface area contributed by atoms with Crippen LogP contribution in [-0.2, 0) is 4.87 Å². The van der Waals surface area contributed by atoms with Gasteiger partial charge in [-0.2, -0.15) is 0 Å². The van der Waals surface area contributed by atoms with Crippen molar-refractivity contribution in [2.24, 2.45) is 16.3 Å². The van der Waals surface area contributed by atoms with Gasteiger partial charge in [-0.1, -0.05) is 93.1 Å². The summed E-state index contributed by atoms with van der Waals surface area (Å²) in [6.45, 7) is 7.05. The van der Waals surface area contributed by atoms with E-state index in [0.717, 1.165) is 0 Å². The predicted molar refractivity (Wildman–Crippen MR) is 115 cm³/mol. The average Bonchev–Trinajstić information content (AvgIpc) is 3.10. The Morgan fingerprint density at radius 3 is 2.23 bits per heavy atom. The lowest BCUT2D eigenvalue weighted by Crippen LogP contribution is -2.33. The molecule has 1 saturated heterocycles. The Morgan fingerprint density at radius 2 is 1.58 bits per heavy atom. The minimum atomic E-state index is -0.165. The number of aliphatic imine (C=N–C) groups is 1. The largest absolute Gasteiger partial charge is 0.255 e. The fraction of sp³-hybridized carbons (Fsp3) is 0.348. The topological polar surface area (TPSA) is 12.4 Å². The van der Waals surface area contributed by atoms with Crippen LogP contribution in [0, 0.1) is 11.3 Å². The van der Waals surface area contributed by atoms with Crippen molar-refractivity contribution >= 4 is 28.6 Å². The molecule has 5 rings (SSSR count). The van der Waals surface area contributed by atoms with Gasteiger partial charge in [-0.05, 0) is 11.0 Å². The second kappa shape index (κ2) is 5.77. The lowest BCUT2D eigenvalue weighted by Gasteiger charge is -2.37. The summed E-state index contributed by atoms with van der Waals surface area (Å²) in [6, 6.07) is 21.6. The molecule has 132 valence electrons. The molecule has 4 atom stereocenters. The summed E-state index contributed by atoms with van der Waals surface area (Å²) < 4.78 is 0. The summed E-state index contributed by atoms with van der Waals surface area (Å²) in [5.74, 6) is 0.478. The van der Waals surface area contributed by atoms with Crippen molar-refractivity contribution in [1.82, 2.24) is 0 Å². The molecule has 3 heteroatoms. The molecule has 4 bridgehead atoms. The van der Waals surface area contributed by atoms with Gasteiger partial charge >= 0.3 is 0 Å². The molecule has 1 nitrogen and oxygen atoms in total. The molecule has 0 aromatic heterocycles. The van der Waals surface area contributed by atoms with Crippen molar-refractivity contribution < 1.29 is 0 Å². The van der Waals surface area contributed by atoms with E-state index in [-0.39, 0.29) is 10.3 Å². The third-order valence-corrected chi connectivity index (χ3v) is 8.99. The van der Waals surface area contributed by atoms with Gasteiger partial charge in [0.05, 0.1) is 0 Å². The predicted octanol–water partition coefficient (Wildman–Crippen LogP) is 6.12. The summed E-state index contributed by atoms with van der Waals surface area (Å²) in [6.07, 6.45) is 2.57. The van der Waals surface area contributed by atoms with Gasteiger partial charge in [0.2, 0.25) is 0 Å². The monoisotopic (exact) mass is 377 g/mol. The number of hydrogen-bond donors (Lipinski definition) is 0. The van der Waals surface area contributed by atoms with Gasteiger partial charge in [0.1, 0.15) is 9.91 Å². The van der Waals surface area contributed by atoms with E-state index in [0.29, 0.717) is 16.4 Å². The molecule has 2 aromatic carbocycles. The van der Waals surface area contributed by atoms with E-state index in [2.05, 4.69) is 99.3 Å². The van der Waals surface area contributed by atoms with Gasteiger partial charge in [0, 0.05) is 22.0 Å². The molecule has 0 amide bonds. The number of nitrogens with zero attached hydrogens (tertiary/aromatic N) is 1. The van der Waals surface area contributed by atoms with Crippen LogP contribution in [0.15, 0.2) is 77.3 Å². The van der Waals surface area contributed by atoms with Crippen LogP contribution in [-0.4, -0.2) is 15.5 Å². The molecule has 2 aliphatic heterocycles. The first kappa shape index (κ1) is 16.7. The maximum atomic E-state index is 5.41. The first-order valence-corrected chi connectivity index (χ1v) is 11.0. The van der Waals surface area contributed by atoms with Gasteiger partial charge < -0.3 is 0 Å². The summed E-state index contributed by atoms with van der Waals surface area (Å²) in [7, 11) is 0. The molecule has 4 unspecified atom stereocenters. The molecule has 2 aromatic rings. The van der Waals surface area contributed by atoms with E-state index < -0.39 is 0 Å². The van der Waals surface area contributed by atoms with E-state index in [1.54, 1.807) is 5.57 Å². The Hall–Kier alpha value is -1.45. The molecule has 0 radical (unpaired) electrons. The average molecular weight is 378 g/mol. The zero-order valence-electron chi connectivity index (χ0n) is 15.3. The van der Waals surface area contributed by atoms with Crippen molar-refractivity contribution in [2.45, 2.75) is 36.1 Å². The minimum absolute atomic E-state index is 0.165. The maximum absolute atomic E-state index is 5.41. The third kappa shape index (κ3) is 2.36. The van der Waals surface area contributed by atoms with Crippen LogP contribution in [0.1, 0.15) is 31.9 Å². The van der Waals surface area contributed by atoms with E-state index in [1.165, 1.54) is 16.2 Å². The van der Waals surface area contributed by atoms with Crippen LogP contribution in [0.2, 0.25) is 0 Å². The highest BCUT2D eigenvalue weighted by molar-refractivity contribution is 8.16. The Kier molecular flexibility index (Phi) is 3.71. The minimum Gasteiger partial charge on any atom is -0.255 e. The second-order valence-electron chi connectivity index (χ2n) is 8.36. The fourth-order valence-corrected chi connectivity index (χ4v) is 8.35. The van der Waals surface area contributed by atoms with Gasteiger partial charge in [0.15, 0.2) is 0 Å². The Bertz CT molecular complexity index is 895. The van der Waals surface area contributed by atoms with Crippen molar-refractivity contribution in [3.8, 4) is 0 Å². The quantitative estimate of drug-likeness (QED) is 0.585. The molecule has 0 N–H and O–H groups in total. The van der Waals surface area contributed by atoms with E-state index >= 15 is 0 Å². The van der Waals surface area contributed by atoms with Crippen LogP contribution >= 0.6 is 23.5 Å². The van der Waals surface area contributed by atoms with Gasteiger partial charge in [-0.15, -0.1) is 23.5 Å². The highest BCUT2D eigenvalue weighted by Crippen LogP contribution is 2.69. The molecule has 3 aliphatic rings. The number of thioether (sulfide) groups is 2. The number of benzene rings is 2. The van der Waals surface area contributed by atoms with Crippen LogP contribution in [0.5, 0.6) is 0 Å². The third-order valence-electron chi connectivity index (χ3n) is 5.67. The number of hydrogen-bond acceptors (Lipinski definition) is 3. The van der Waals surface area contributed by atoms with Crippen molar-refractivity contribution in [1.29, 1.82) is 0 Å². The van der Waals surface area contributed by atoms with Crippen molar-refractivity contribution in [3.63, 3.8) is 0 Å². The fourth-order valence-electron chi connectivity index (χ4n) is 4.42. The Morgan fingerprint density at radius 1 is 0.923 bits per heavy atom. The molecule has 0 saturated carbocycles. The molecule has 26 heavy (non-hydrogen) atoms. The summed E-state index contributed by atoms with van der Waals surface area (Å²) >= 11 is 4.08. The van der Waals surface area contributed by atoms with Gasteiger partial charge in [-0.3, -0.25) is 4.99 Å².